The van der Waals surface area contributed by atoms with Gasteiger partial charge in [0.2, 0.25) is 0 Å². The molecule has 9 nitrogen and oxygen atoms in total. The van der Waals surface area contributed by atoms with Gasteiger partial charge in [-0.15, -0.1) is 0 Å². The Bertz CT molecular complexity index is 1530. The summed E-state index contributed by atoms with van der Waals surface area (Å²) in [5, 5.41) is 3.63. The molecular weight excluding hydrogens is 452 g/mol. The van der Waals surface area contributed by atoms with Gasteiger partial charge >= 0.3 is 0 Å². The number of rotatable bonds is 6. The third-order valence-electron chi connectivity index (χ3n) is 5.67. The summed E-state index contributed by atoms with van der Waals surface area (Å²) < 4.78 is 23.8. The van der Waals surface area contributed by atoms with Crippen LogP contribution in [0.1, 0.15) is 46.2 Å². The quantitative estimate of drug-likeness (QED) is 0.452. The number of nitrogens with one attached hydrogen (secondary N) is 1. The molecule has 1 aliphatic carbocycles. The first-order valence-corrected chi connectivity index (χ1v) is 12.7. The second kappa shape index (κ2) is 8.53. The molecule has 0 spiro atoms. The lowest BCUT2D eigenvalue weighted by Gasteiger charge is -2.09. The van der Waals surface area contributed by atoms with Crippen LogP contribution in [0.15, 0.2) is 53.9 Å². The Balaban J connectivity index is 1.35. The minimum Gasteiger partial charge on any atom is -0.346 e. The zero-order chi connectivity index (χ0) is 23.9. The molecule has 34 heavy (non-hydrogen) atoms. The molecule has 4 heterocycles. The van der Waals surface area contributed by atoms with Crippen molar-refractivity contribution < 1.29 is 13.2 Å². The second-order valence-electron chi connectivity index (χ2n) is 8.43. The van der Waals surface area contributed by atoms with Crippen LogP contribution in [-0.4, -0.2) is 45.5 Å². The number of aryl methyl sites for hydroxylation is 1. The lowest BCUT2D eigenvalue weighted by atomic mass is 10.2. The van der Waals surface area contributed by atoms with Gasteiger partial charge < -0.3 is 5.32 Å². The van der Waals surface area contributed by atoms with Gasteiger partial charge in [-0.25, -0.2) is 18.4 Å². The average Bonchev–Trinajstić information content (AvgIpc) is 3.67. The molecule has 4 aromatic rings. The van der Waals surface area contributed by atoms with Crippen molar-refractivity contribution in [2.75, 3.05) is 6.26 Å². The van der Waals surface area contributed by atoms with E-state index in [1.807, 2.05) is 24.4 Å². The number of hydrogen-bond acceptors (Lipinski definition) is 8. The predicted octanol–water partition coefficient (Wildman–Crippen LogP) is 3.00. The van der Waals surface area contributed by atoms with Crippen LogP contribution in [0.5, 0.6) is 0 Å². The zero-order valence-electron chi connectivity index (χ0n) is 18.7. The van der Waals surface area contributed by atoms with E-state index in [2.05, 4.69) is 20.3 Å². The molecule has 1 saturated carbocycles. The molecule has 0 aromatic carbocycles. The van der Waals surface area contributed by atoms with Crippen LogP contribution in [0.3, 0.4) is 0 Å². The van der Waals surface area contributed by atoms with E-state index in [0.29, 0.717) is 17.3 Å². The van der Waals surface area contributed by atoms with Gasteiger partial charge in [-0.2, -0.15) is 0 Å². The Labute approximate surface area is 196 Å². The Morgan fingerprint density at radius 1 is 1.03 bits per heavy atom. The third-order valence-corrected chi connectivity index (χ3v) is 6.89. The highest BCUT2D eigenvalue weighted by Gasteiger charge is 2.25. The van der Waals surface area contributed by atoms with Crippen LogP contribution in [0, 0.1) is 6.92 Å². The number of nitrogens with zero attached hydrogens (tertiary/aromatic N) is 5. The van der Waals surface area contributed by atoms with Gasteiger partial charge in [0.1, 0.15) is 5.69 Å². The molecule has 0 bridgehead atoms. The number of pyridine rings is 3. The Morgan fingerprint density at radius 3 is 2.62 bits per heavy atom. The molecule has 0 radical (unpaired) electrons. The number of carbonyl (C=O) groups is 1. The maximum absolute atomic E-state index is 12.6. The molecule has 5 rings (SSSR count). The van der Waals surface area contributed by atoms with Crippen molar-refractivity contribution in [1.29, 1.82) is 0 Å². The maximum atomic E-state index is 12.6. The predicted molar refractivity (Wildman–Crippen MR) is 126 cm³/mol. The van der Waals surface area contributed by atoms with Crippen molar-refractivity contribution in [3.63, 3.8) is 0 Å². The molecule has 1 N–H and O–H groups in total. The standard InChI is InChI=1S/C24H22N6O3S/c1-14-23(34(2,32)33)7-17(10-26-14)24(31)28-11-18-8-20-16(9-27-18)5-6-19(29-20)22-13-25-12-21(30-22)15-3-4-15/h5-10,12-13,15H,3-4,11H2,1-2H3,(H,28,31). The minimum absolute atomic E-state index is 0.0366. The van der Waals surface area contributed by atoms with E-state index in [0.717, 1.165) is 47.1 Å². The van der Waals surface area contributed by atoms with Crippen molar-refractivity contribution in [1.82, 2.24) is 30.2 Å². The van der Waals surface area contributed by atoms with E-state index in [1.165, 1.54) is 12.3 Å². The highest BCUT2D eigenvalue weighted by molar-refractivity contribution is 7.90. The molecule has 0 aliphatic heterocycles. The van der Waals surface area contributed by atoms with E-state index in [1.54, 1.807) is 19.3 Å². The largest absolute Gasteiger partial charge is 0.346 e. The van der Waals surface area contributed by atoms with Gasteiger partial charge in [-0.05, 0) is 44.0 Å². The normalized spacial score (nSPS) is 13.7. The average molecular weight is 475 g/mol. The van der Waals surface area contributed by atoms with E-state index < -0.39 is 15.7 Å². The van der Waals surface area contributed by atoms with Gasteiger partial charge in [-0.1, -0.05) is 0 Å². The van der Waals surface area contributed by atoms with Crippen molar-refractivity contribution in [2.24, 2.45) is 0 Å². The summed E-state index contributed by atoms with van der Waals surface area (Å²) in [5.41, 5.74) is 4.32. The topological polar surface area (TPSA) is 128 Å². The van der Waals surface area contributed by atoms with Crippen LogP contribution in [0.2, 0.25) is 0 Å². The van der Waals surface area contributed by atoms with Crippen molar-refractivity contribution in [3.05, 3.63) is 71.7 Å². The highest BCUT2D eigenvalue weighted by atomic mass is 32.2. The number of carbonyl (C=O) groups excluding carboxylic acids is 1. The van der Waals surface area contributed by atoms with E-state index >= 15 is 0 Å². The van der Waals surface area contributed by atoms with Gasteiger partial charge in [0, 0.05) is 36.2 Å². The smallest absolute Gasteiger partial charge is 0.253 e. The van der Waals surface area contributed by atoms with Gasteiger partial charge in [-0.3, -0.25) is 19.7 Å². The molecular formula is C24H22N6O3S. The van der Waals surface area contributed by atoms with E-state index in [9.17, 15) is 13.2 Å². The van der Waals surface area contributed by atoms with Crippen LogP contribution in [-0.2, 0) is 16.4 Å². The molecule has 10 heteroatoms. The van der Waals surface area contributed by atoms with Gasteiger partial charge in [0.25, 0.3) is 5.91 Å². The number of fused-ring (bicyclic) bond motifs is 1. The summed E-state index contributed by atoms with van der Waals surface area (Å²) in [6.07, 6.45) is 9.98. The van der Waals surface area contributed by atoms with Crippen molar-refractivity contribution in [3.8, 4) is 11.4 Å². The maximum Gasteiger partial charge on any atom is 0.253 e. The molecule has 0 unspecified atom stereocenters. The fraction of sp³-hybridized carbons (Fsp3) is 0.250. The first-order valence-electron chi connectivity index (χ1n) is 10.8. The van der Waals surface area contributed by atoms with Crippen LogP contribution in [0.4, 0.5) is 0 Å². The number of aromatic nitrogens is 5. The molecule has 172 valence electrons. The molecule has 1 aliphatic rings. The Hall–Kier alpha value is -3.79. The van der Waals surface area contributed by atoms with Crippen LogP contribution >= 0.6 is 0 Å². The fourth-order valence-corrected chi connectivity index (χ4v) is 4.59. The first kappa shape index (κ1) is 22.0. The summed E-state index contributed by atoms with van der Waals surface area (Å²) >= 11 is 0. The molecule has 4 aromatic heterocycles. The summed E-state index contributed by atoms with van der Waals surface area (Å²) in [6, 6.07) is 6.98. The second-order valence-corrected chi connectivity index (χ2v) is 10.4. The highest BCUT2D eigenvalue weighted by Crippen LogP contribution is 2.39. The van der Waals surface area contributed by atoms with Gasteiger partial charge in [0.05, 0.1) is 51.5 Å². The Kier molecular flexibility index (Phi) is 5.52. The van der Waals surface area contributed by atoms with E-state index in [-0.39, 0.29) is 17.0 Å². The van der Waals surface area contributed by atoms with Gasteiger partial charge in [0.15, 0.2) is 9.84 Å². The monoisotopic (exact) mass is 474 g/mol. The van der Waals surface area contributed by atoms with Crippen molar-refractivity contribution >= 4 is 26.6 Å². The summed E-state index contributed by atoms with van der Waals surface area (Å²) in [7, 11) is -3.48. The minimum atomic E-state index is -3.48. The zero-order valence-corrected chi connectivity index (χ0v) is 19.5. The van der Waals surface area contributed by atoms with Crippen LogP contribution in [0.25, 0.3) is 22.3 Å². The lowest BCUT2D eigenvalue weighted by molar-refractivity contribution is 0.0950. The fourth-order valence-electron chi connectivity index (χ4n) is 3.66. The SMILES string of the molecule is Cc1ncc(C(=O)NCc2cc3nc(-c4cncc(C5CC5)n4)ccc3cn2)cc1S(C)(=O)=O. The number of amides is 1. The van der Waals surface area contributed by atoms with Crippen molar-refractivity contribution in [2.45, 2.75) is 37.1 Å². The van der Waals surface area contributed by atoms with Crippen LogP contribution < -0.4 is 5.32 Å². The van der Waals surface area contributed by atoms with E-state index in [4.69, 9.17) is 9.97 Å². The molecule has 0 saturated heterocycles. The molecule has 1 amide bonds. The summed E-state index contributed by atoms with van der Waals surface area (Å²) in [5.74, 6) is 0.0673. The Morgan fingerprint density at radius 2 is 1.85 bits per heavy atom. The third kappa shape index (κ3) is 4.62. The lowest BCUT2D eigenvalue weighted by Crippen LogP contribution is -2.24. The summed E-state index contributed by atoms with van der Waals surface area (Å²) in [6.45, 7) is 1.74. The first-order chi connectivity index (χ1) is 16.3. The molecule has 0 atom stereocenters. The number of hydrogen-bond donors (Lipinski definition) is 1. The summed E-state index contributed by atoms with van der Waals surface area (Å²) in [4.78, 5) is 34.8. The molecule has 1 fully saturated rings. The number of sulfone groups is 1.